The number of aromatic nitrogens is 1. The number of rotatable bonds is 3. The molecule has 0 amide bonds. The van der Waals surface area contributed by atoms with Gasteiger partial charge in [-0.25, -0.2) is 4.99 Å². The molecule has 256 valence electrons. The van der Waals surface area contributed by atoms with Crippen molar-refractivity contribution in [3.63, 3.8) is 0 Å². The number of hydrogen-bond acceptors (Lipinski definition) is 2. The maximum atomic E-state index is 5.68. The molecule has 54 heavy (non-hydrogen) atoms. The fourth-order valence-corrected chi connectivity index (χ4v) is 9.09. The number of fused-ring (bicyclic) bond motifs is 9. The minimum Gasteiger partial charge on any atom is -0.318 e. The van der Waals surface area contributed by atoms with Gasteiger partial charge in [-0.15, -0.1) is 0 Å². The summed E-state index contributed by atoms with van der Waals surface area (Å²) in [4.78, 5) is 8.23. The molecule has 1 unspecified atom stereocenters. The number of allylic oxidation sites excluding steroid dienone is 1. The Balaban J connectivity index is 1.17. The van der Waals surface area contributed by atoms with Crippen LogP contribution >= 0.6 is 0 Å². The molecule has 0 spiro atoms. The summed E-state index contributed by atoms with van der Waals surface area (Å²) in [6, 6.07) is 62.1. The van der Waals surface area contributed by atoms with Crippen LogP contribution in [0.3, 0.4) is 0 Å². The molecule has 2 bridgehead atoms. The van der Waals surface area contributed by atoms with Crippen molar-refractivity contribution in [1.29, 1.82) is 0 Å². The van der Waals surface area contributed by atoms with Gasteiger partial charge in [0.05, 0.1) is 28.5 Å². The molecule has 0 saturated heterocycles. The van der Waals surface area contributed by atoms with Crippen molar-refractivity contribution in [1.82, 2.24) is 4.57 Å². The van der Waals surface area contributed by atoms with Crippen LogP contribution in [0.4, 0.5) is 11.4 Å². The Kier molecular flexibility index (Phi) is 7.12. The third-order valence-corrected chi connectivity index (χ3v) is 11.5. The number of para-hydroxylation sites is 3. The lowest BCUT2D eigenvalue weighted by molar-refractivity contribution is 0.819. The molecule has 11 rings (SSSR count). The lowest BCUT2D eigenvalue weighted by atomic mass is 9.83. The van der Waals surface area contributed by atoms with E-state index in [1.807, 2.05) is 0 Å². The highest BCUT2D eigenvalue weighted by Gasteiger charge is 2.35. The summed E-state index contributed by atoms with van der Waals surface area (Å²) in [5, 5.41) is 5.15. The van der Waals surface area contributed by atoms with Gasteiger partial charge in [0.25, 0.3) is 0 Å². The molecule has 2 aliphatic heterocycles. The Morgan fingerprint density at radius 3 is 2.13 bits per heavy atom. The molecule has 0 saturated carbocycles. The Morgan fingerprint density at radius 2 is 1.28 bits per heavy atom. The van der Waals surface area contributed by atoms with Gasteiger partial charge in [0, 0.05) is 27.6 Å². The molecule has 3 heterocycles. The smallest absolute Gasteiger partial charge is 0.141 e. The minimum absolute atomic E-state index is 0.104. The van der Waals surface area contributed by atoms with Gasteiger partial charge in [0.1, 0.15) is 5.84 Å². The summed E-state index contributed by atoms with van der Waals surface area (Å²) in [5.41, 5.74) is 14.6. The second-order valence-corrected chi connectivity index (χ2v) is 14.6. The minimum atomic E-state index is 0.104. The van der Waals surface area contributed by atoms with Gasteiger partial charge in [0.2, 0.25) is 0 Å². The third kappa shape index (κ3) is 4.93. The topological polar surface area (TPSA) is 20.5 Å². The molecule has 1 aromatic heterocycles. The first-order valence-corrected chi connectivity index (χ1v) is 19.0. The largest absolute Gasteiger partial charge is 0.318 e. The Hall–Kier alpha value is -6.71. The van der Waals surface area contributed by atoms with Crippen molar-refractivity contribution in [2.24, 2.45) is 4.99 Å². The van der Waals surface area contributed by atoms with Gasteiger partial charge in [-0.2, -0.15) is 0 Å². The van der Waals surface area contributed by atoms with Crippen LogP contribution in [0.1, 0.15) is 29.5 Å². The van der Waals surface area contributed by atoms with Crippen molar-refractivity contribution in [2.75, 3.05) is 4.90 Å². The van der Waals surface area contributed by atoms with Crippen LogP contribution in [0.15, 0.2) is 181 Å². The standard InChI is InChI=1S/C51H37N3/c1-2-14-34(15-3-1)36-19-12-20-37(30-36)42-24-13-18-35-16-5-9-25-47(35)52-51(42)54-40-31-38-17-4-6-21-41(38)45(33-40)46-32-39(28-29-50(46)54)53-48-26-10-7-22-43(48)44-23-8-11-27-49(44)53/h1-12,14-17,19-32,40H,13,18,33H2/b42-24-,52-51+. The monoisotopic (exact) mass is 691 g/mol. The zero-order valence-corrected chi connectivity index (χ0v) is 29.9. The predicted octanol–water partition coefficient (Wildman–Crippen LogP) is 10.8. The molecule has 3 aliphatic rings. The van der Waals surface area contributed by atoms with E-state index in [9.17, 15) is 0 Å². The summed E-state index contributed by atoms with van der Waals surface area (Å²) in [6.45, 7) is 0. The van der Waals surface area contributed by atoms with Crippen molar-refractivity contribution < 1.29 is 0 Å². The van der Waals surface area contributed by atoms with Crippen molar-refractivity contribution in [2.45, 2.75) is 25.3 Å². The van der Waals surface area contributed by atoms with Crippen molar-refractivity contribution in [3.8, 4) is 16.8 Å². The predicted molar refractivity (Wildman–Crippen MR) is 226 cm³/mol. The maximum Gasteiger partial charge on any atom is 0.141 e. The van der Waals surface area contributed by atoms with Gasteiger partial charge in [-0.05, 0) is 100.0 Å². The number of nitrogens with zero attached hydrogens (tertiary/aromatic N) is 3. The fraction of sp³-hybridized carbons (Fsp3) is 0.0784. The van der Waals surface area contributed by atoms with Gasteiger partial charge in [-0.1, -0.05) is 140 Å². The normalized spacial score (nSPS) is 18.0. The molecular formula is C51H37N3. The third-order valence-electron chi connectivity index (χ3n) is 11.5. The van der Waals surface area contributed by atoms with Crippen LogP contribution < -0.4 is 15.3 Å². The van der Waals surface area contributed by atoms with E-state index in [0.717, 1.165) is 30.8 Å². The van der Waals surface area contributed by atoms with Crippen LogP contribution in [-0.2, 0) is 6.42 Å². The SMILES string of the molecule is C1=c2ccccc2=C2CC1N(C1=N/c3ccccc3CC/C=C\1c1cccc(-c3ccccc3)c1)c1ccc(-n3c4ccccc4c4ccccc43)cc12. The van der Waals surface area contributed by atoms with Crippen LogP contribution in [0.2, 0.25) is 0 Å². The van der Waals surface area contributed by atoms with E-state index in [0.29, 0.717) is 0 Å². The maximum absolute atomic E-state index is 5.68. The molecule has 3 heteroatoms. The molecular weight excluding hydrogens is 655 g/mol. The number of aliphatic imine (C=N–C) groups is 1. The number of aryl methyl sites for hydroxylation is 1. The van der Waals surface area contributed by atoms with Crippen LogP contribution in [-0.4, -0.2) is 16.4 Å². The highest BCUT2D eigenvalue weighted by molar-refractivity contribution is 6.31. The van der Waals surface area contributed by atoms with Crippen molar-refractivity contribution >= 4 is 56.2 Å². The summed E-state index contributed by atoms with van der Waals surface area (Å²) in [5.74, 6) is 0.998. The first kappa shape index (κ1) is 30.9. The zero-order chi connectivity index (χ0) is 35.6. The van der Waals surface area contributed by atoms with Gasteiger partial charge in [0.15, 0.2) is 0 Å². The lowest BCUT2D eigenvalue weighted by Crippen LogP contribution is -2.48. The number of hydrogen-bond donors (Lipinski definition) is 0. The number of amidine groups is 1. The number of benzene rings is 7. The van der Waals surface area contributed by atoms with E-state index < -0.39 is 0 Å². The molecule has 1 aliphatic carbocycles. The molecule has 0 fully saturated rings. The first-order valence-electron chi connectivity index (χ1n) is 19.0. The average molecular weight is 692 g/mol. The zero-order valence-electron chi connectivity index (χ0n) is 29.9. The van der Waals surface area contributed by atoms with E-state index in [1.54, 1.807) is 0 Å². The summed E-state index contributed by atoms with van der Waals surface area (Å²) >= 11 is 0. The van der Waals surface area contributed by atoms with E-state index in [-0.39, 0.29) is 6.04 Å². The second-order valence-electron chi connectivity index (χ2n) is 14.6. The average Bonchev–Trinajstić information content (AvgIpc) is 3.56. The second kappa shape index (κ2) is 12.5. The highest BCUT2D eigenvalue weighted by Crippen LogP contribution is 2.44. The highest BCUT2D eigenvalue weighted by atomic mass is 15.2. The van der Waals surface area contributed by atoms with Crippen LogP contribution in [0.5, 0.6) is 0 Å². The molecule has 8 aromatic rings. The molecule has 7 aromatic carbocycles. The molecule has 0 N–H and O–H groups in total. The van der Waals surface area contributed by atoms with E-state index in [1.165, 1.54) is 82.6 Å². The van der Waals surface area contributed by atoms with E-state index in [4.69, 9.17) is 4.99 Å². The Labute approximate surface area is 314 Å². The molecule has 3 nitrogen and oxygen atoms in total. The van der Waals surface area contributed by atoms with Crippen LogP contribution in [0, 0.1) is 0 Å². The quantitative estimate of drug-likeness (QED) is 0.181. The van der Waals surface area contributed by atoms with Gasteiger partial charge in [-0.3, -0.25) is 0 Å². The van der Waals surface area contributed by atoms with E-state index >= 15 is 0 Å². The number of anilines is 1. The summed E-state index contributed by atoms with van der Waals surface area (Å²) in [6.07, 6.45) is 7.69. The van der Waals surface area contributed by atoms with Gasteiger partial charge >= 0.3 is 0 Å². The van der Waals surface area contributed by atoms with E-state index in [2.05, 4.69) is 191 Å². The summed E-state index contributed by atoms with van der Waals surface area (Å²) < 4.78 is 2.44. The Morgan fingerprint density at radius 1 is 0.574 bits per heavy atom. The molecule has 1 atom stereocenters. The summed E-state index contributed by atoms with van der Waals surface area (Å²) in [7, 11) is 0. The fourth-order valence-electron chi connectivity index (χ4n) is 9.09. The first-order chi connectivity index (χ1) is 26.8. The Bertz CT molecular complexity index is 2930. The van der Waals surface area contributed by atoms with Crippen molar-refractivity contribution in [3.05, 3.63) is 203 Å². The van der Waals surface area contributed by atoms with Gasteiger partial charge < -0.3 is 9.47 Å². The van der Waals surface area contributed by atoms with Crippen LogP contribution in [0.25, 0.3) is 55.8 Å². The lowest BCUT2D eigenvalue weighted by Gasteiger charge is -2.42. The molecule has 0 radical (unpaired) electrons.